The largest absolute Gasteiger partial charge is 0.485 e. The average Bonchev–Trinajstić information content (AvgIpc) is 2.27. The zero-order chi connectivity index (χ0) is 12.2. The maximum atomic E-state index is 12.4. The molecule has 0 amide bonds. The molecule has 90 valence electrons. The molecule has 1 aromatic rings. The van der Waals surface area contributed by atoms with Crippen molar-refractivity contribution in [3.05, 3.63) is 24.0 Å². The monoisotopic (exact) mass is 239 g/mol. The lowest BCUT2D eigenvalue weighted by atomic mass is 10.3. The predicted molar refractivity (Wildman–Crippen MR) is 46.6 cm³/mol. The van der Waals surface area contributed by atoms with Gasteiger partial charge in [0.2, 0.25) is 0 Å². The van der Waals surface area contributed by atoms with E-state index in [-0.39, 0.29) is 12.4 Å². The molecule has 16 heavy (non-hydrogen) atoms. The summed E-state index contributed by atoms with van der Waals surface area (Å²) in [6, 6.07) is 2.61. The summed E-state index contributed by atoms with van der Waals surface area (Å²) >= 11 is 0. The molecule has 3 nitrogen and oxygen atoms in total. The van der Waals surface area contributed by atoms with E-state index in [1.807, 2.05) is 0 Å². The molecule has 0 aliphatic heterocycles. The molecule has 0 aliphatic carbocycles. The molecule has 7 heteroatoms. The first kappa shape index (κ1) is 12.7. The molecule has 0 saturated heterocycles. The van der Waals surface area contributed by atoms with E-state index in [4.69, 9.17) is 5.11 Å². The Bertz CT molecular complexity index is 329. The number of nitrogens with zero attached hydrogens (tertiary/aromatic N) is 1. The molecule has 0 unspecified atom stereocenters. The van der Waals surface area contributed by atoms with Gasteiger partial charge < -0.3 is 9.84 Å². The summed E-state index contributed by atoms with van der Waals surface area (Å²) in [6.07, 6.45) is -2.69. The van der Waals surface area contributed by atoms with E-state index in [2.05, 4.69) is 9.72 Å². The van der Waals surface area contributed by atoms with Gasteiger partial charge in [-0.2, -0.15) is 8.78 Å². The summed E-state index contributed by atoms with van der Waals surface area (Å²) in [5.41, 5.74) is 0.327. The van der Waals surface area contributed by atoms with Crippen molar-refractivity contribution < 1.29 is 27.4 Å². The van der Waals surface area contributed by atoms with Gasteiger partial charge in [0.05, 0.1) is 18.5 Å². The molecule has 0 atom stereocenters. The van der Waals surface area contributed by atoms with Crippen molar-refractivity contribution in [2.75, 3.05) is 6.61 Å². The third kappa shape index (κ3) is 3.34. The van der Waals surface area contributed by atoms with Crippen molar-refractivity contribution in [2.24, 2.45) is 0 Å². The second kappa shape index (κ2) is 5.11. The molecule has 0 aliphatic rings. The summed E-state index contributed by atoms with van der Waals surface area (Å²) in [5, 5.41) is 8.64. The second-order valence-electron chi connectivity index (χ2n) is 2.99. The van der Waals surface area contributed by atoms with Crippen LogP contribution in [0.25, 0.3) is 0 Å². The molecule has 0 spiro atoms. The second-order valence-corrected chi connectivity index (χ2v) is 2.99. The maximum absolute atomic E-state index is 12.4. The molecular formula is C9H9F4NO2. The molecular weight excluding hydrogens is 230 g/mol. The predicted octanol–water partition coefficient (Wildman–Crippen LogP) is 1.85. The summed E-state index contributed by atoms with van der Waals surface area (Å²) in [6.45, 7) is -1.71. The van der Waals surface area contributed by atoms with Crippen molar-refractivity contribution in [1.82, 2.24) is 4.98 Å². The normalized spacial score (nSPS) is 11.9. The van der Waals surface area contributed by atoms with Crippen LogP contribution in [0.3, 0.4) is 0 Å². The summed E-state index contributed by atoms with van der Waals surface area (Å²) in [4.78, 5) is 3.64. The Morgan fingerprint density at radius 1 is 1.38 bits per heavy atom. The average molecular weight is 239 g/mol. The highest BCUT2D eigenvalue weighted by Crippen LogP contribution is 2.24. The molecule has 0 fully saturated rings. The SMILES string of the molecule is OCc1ccc(OCC(F)(F)C(F)F)cn1. The van der Waals surface area contributed by atoms with Crippen molar-refractivity contribution in [3.8, 4) is 5.75 Å². The summed E-state index contributed by atoms with van der Waals surface area (Å²) in [5.74, 6) is -4.24. The molecule has 0 radical (unpaired) electrons. The number of alkyl halides is 4. The van der Waals surface area contributed by atoms with E-state index in [0.717, 1.165) is 6.20 Å². The topological polar surface area (TPSA) is 42.4 Å². The van der Waals surface area contributed by atoms with Crippen LogP contribution in [0.2, 0.25) is 0 Å². The van der Waals surface area contributed by atoms with Crippen LogP contribution in [-0.2, 0) is 6.61 Å². The van der Waals surface area contributed by atoms with Gasteiger partial charge in [-0.3, -0.25) is 4.98 Å². The standard InChI is InChI=1S/C9H9F4NO2/c10-8(11)9(12,13)5-16-7-2-1-6(4-15)14-3-7/h1-3,8,15H,4-5H2. The Labute approximate surface area is 88.7 Å². The lowest BCUT2D eigenvalue weighted by Gasteiger charge is -2.15. The minimum absolute atomic E-state index is 0.0578. The first-order valence-corrected chi connectivity index (χ1v) is 4.30. The molecule has 0 bridgehead atoms. The maximum Gasteiger partial charge on any atom is 0.340 e. The van der Waals surface area contributed by atoms with E-state index < -0.39 is 19.0 Å². The zero-order valence-corrected chi connectivity index (χ0v) is 8.04. The number of aliphatic hydroxyl groups is 1. The Kier molecular flexibility index (Phi) is 4.05. The van der Waals surface area contributed by atoms with Gasteiger partial charge in [0, 0.05) is 0 Å². The van der Waals surface area contributed by atoms with E-state index in [1.54, 1.807) is 0 Å². The Hall–Kier alpha value is -1.37. The van der Waals surface area contributed by atoms with Crippen LogP contribution in [0.1, 0.15) is 5.69 Å². The third-order valence-corrected chi connectivity index (χ3v) is 1.71. The van der Waals surface area contributed by atoms with Gasteiger partial charge in [-0.1, -0.05) is 0 Å². The summed E-state index contributed by atoms with van der Waals surface area (Å²) in [7, 11) is 0. The minimum Gasteiger partial charge on any atom is -0.485 e. The van der Waals surface area contributed by atoms with Crippen LogP contribution in [0.5, 0.6) is 5.75 Å². The Morgan fingerprint density at radius 3 is 2.50 bits per heavy atom. The first-order valence-electron chi connectivity index (χ1n) is 4.30. The highest BCUT2D eigenvalue weighted by Gasteiger charge is 2.41. The quantitative estimate of drug-likeness (QED) is 0.797. The van der Waals surface area contributed by atoms with E-state index in [9.17, 15) is 17.6 Å². The fourth-order valence-corrected chi connectivity index (χ4v) is 0.832. The van der Waals surface area contributed by atoms with Crippen molar-refractivity contribution in [2.45, 2.75) is 19.0 Å². The molecule has 1 N–H and O–H groups in total. The number of hydrogen-bond donors (Lipinski definition) is 1. The van der Waals surface area contributed by atoms with E-state index in [1.165, 1.54) is 12.1 Å². The van der Waals surface area contributed by atoms with Crippen molar-refractivity contribution in [1.29, 1.82) is 0 Å². The fraction of sp³-hybridized carbons (Fsp3) is 0.444. The molecule has 0 aromatic carbocycles. The Balaban J connectivity index is 2.54. The highest BCUT2D eigenvalue weighted by molar-refractivity contribution is 5.19. The molecule has 1 heterocycles. The van der Waals surface area contributed by atoms with Gasteiger partial charge in [0.15, 0.2) is 6.61 Å². The van der Waals surface area contributed by atoms with Crippen molar-refractivity contribution in [3.63, 3.8) is 0 Å². The first-order chi connectivity index (χ1) is 7.45. The van der Waals surface area contributed by atoms with E-state index >= 15 is 0 Å². The highest BCUT2D eigenvalue weighted by atomic mass is 19.3. The van der Waals surface area contributed by atoms with Gasteiger partial charge in [-0.05, 0) is 12.1 Å². The van der Waals surface area contributed by atoms with Gasteiger partial charge >= 0.3 is 12.3 Å². The minimum atomic E-state index is -4.18. The zero-order valence-electron chi connectivity index (χ0n) is 8.04. The fourth-order valence-electron chi connectivity index (χ4n) is 0.832. The number of pyridine rings is 1. The summed E-state index contributed by atoms with van der Waals surface area (Å²) < 4.78 is 52.9. The number of ether oxygens (including phenoxy) is 1. The van der Waals surface area contributed by atoms with Crippen molar-refractivity contribution >= 4 is 0 Å². The van der Waals surface area contributed by atoms with Crippen LogP contribution in [0.15, 0.2) is 18.3 Å². The van der Waals surface area contributed by atoms with E-state index in [0.29, 0.717) is 5.69 Å². The van der Waals surface area contributed by atoms with Gasteiger partial charge in [0.25, 0.3) is 0 Å². The number of hydrogen-bond acceptors (Lipinski definition) is 3. The molecule has 0 saturated carbocycles. The van der Waals surface area contributed by atoms with Crippen LogP contribution >= 0.6 is 0 Å². The van der Waals surface area contributed by atoms with Crippen LogP contribution in [0.4, 0.5) is 17.6 Å². The number of aliphatic hydroxyl groups excluding tert-OH is 1. The number of halogens is 4. The van der Waals surface area contributed by atoms with Crippen LogP contribution in [-0.4, -0.2) is 29.0 Å². The smallest absolute Gasteiger partial charge is 0.340 e. The van der Waals surface area contributed by atoms with Gasteiger partial charge in [-0.25, -0.2) is 8.78 Å². The van der Waals surface area contributed by atoms with Crippen LogP contribution in [0, 0.1) is 0 Å². The third-order valence-electron chi connectivity index (χ3n) is 1.71. The van der Waals surface area contributed by atoms with Crippen LogP contribution < -0.4 is 4.74 Å². The van der Waals surface area contributed by atoms with Gasteiger partial charge in [-0.15, -0.1) is 0 Å². The molecule has 1 aromatic heterocycles. The number of rotatable bonds is 5. The lowest BCUT2D eigenvalue weighted by Crippen LogP contribution is -2.33. The van der Waals surface area contributed by atoms with Gasteiger partial charge in [0.1, 0.15) is 5.75 Å². The number of aromatic nitrogens is 1. The Morgan fingerprint density at radius 2 is 2.06 bits per heavy atom. The molecule has 1 rings (SSSR count). The lowest BCUT2D eigenvalue weighted by molar-refractivity contribution is -0.148.